The van der Waals surface area contributed by atoms with Crippen molar-refractivity contribution in [3.8, 4) is 0 Å². The summed E-state index contributed by atoms with van der Waals surface area (Å²) in [5.41, 5.74) is 2.41. The zero-order valence-corrected chi connectivity index (χ0v) is 15.6. The normalized spacial score (nSPS) is 14.5. The number of halogens is 1. The van der Waals surface area contributed by atoms with Crippen LogP contribution in [0.3, 0.4) is 0 Å². The van der Waals surface area contributed by atoms with Crippen LogP contribution in [0.2, 0.25) is 5.02 Å². The molecule has 1 fully saturated rings. The van der Waals surface area contributed by atoms with Crippen molar-refractivity contribution in [2.24, 2.45) is 0 Å². The van der Waals surface area contributed by atoms with Gasteiger partial charge in [0, 0.05) is 31.5 Å². The highest BCUT2D eigenvalue weighted by Gasteiger charge is 2.16. The number of pyridine rings is 1. The number of carbonyl (C=O) groups excluding carboxylic acids is 1. The molecule has 0 atom stereocenters. The smallest absolute Gasteiger partial charge is 0.239 e. The number of carbonyl (C=O) groups is 1. The number of ether oxygens (including phenoxy) is 1. The molecule has 1 amide bonds. The average Bonchev–Trinajstić information content (AvgIpc) is 2.64. The first-order valence-electron chi connectivity index (χ1n) is 8.62. The predicted octanol–water partition coefficient (Wildman–Crippen LogP) is 2.64. The van der Waals surface area contributed by atoms with Gasteiger partial charge in [-0.25, -0.2) is 4.98 Å². The predicted molar refractivity (Wildman–Crippen MR) is 104 cm³/mol. The van der Waals surface area contributed by atoms with E-state index in [4.69, 9.17) is 16.3 Å². The van der Waals surface area contributed by atoms with Crippen molar-refractivity contribution >= 4 is 29.0 Å². The zero-order chi connectivity index (χ0) is 18.4. The number of aromatic nitrogens is 1. The van der Waals surface area contributed by atoms with Crippen LogP contribution in [0.5, 0.6) is 0 Å². The number of nitrogens with one attached hydrogen (secondary N) is 1. The second-order valence-electron chi connectivity index (χ2n) is 6.31. The molecule has 2 heterocycles. The first-order valence-corrected chi connectivity index (χ1v) is 9.00. The number of benzene rings is 1. The van der Waals surface area contributed by atoms with Gasteiger partial charge in [-0.05, 0) is 30.8 Å². The Labute approximate surface area is 158 Å². The quantitative estimate of drug-likeness (QED) is 0.842. The van der Waals surface area contributed by atoms with Crippen LogP contribution in [0.15, 0.2) is 42.6 Å². The van der Waals surface area contributed by atoms with Gasteiger partial charge in [-0.2, -0.15) is 0 Å². The van der Waals surface area contributed by atoms with E-state index in [0.29, 0.717) is 17.4 Å². The van der Waals surface area contributed by atoms with Gasteiger partial charge in [0.1, 0.15) is 5.82 Å². The lowest BCUT2D eigenvalue weighted by Crippen LogP contribution is -2.37. The van der Waals surface area contributed by atoms with Crippen LogP contribution in [-0.4, -0.2) is 55.7 Å². The summed E-state index contributed by atoms with van der Waals surface area (Å²) in [4.78, 5) is 20.6. The van der Waals surface area contributed by atoms with E-state index in [9.17, 15) is 4.79 Å². The first kappa shape index (κ1) is 18.6. The van der Waals surface area contributed by atoms with Crippen LogP contribution < -0.4 is 10.2 Å². The summed E-state index contributed by atoms with van der Waals surface area (Å²) in [5, 5.41) is 3.33. The number of anilines is 2. The zero-order valence-electron chi connectivity index (χ0n) is 14.8. The van der Waals surface area contributed by atoms with Crippen molar-refractivity contribution < 1.29 is 9.53 Å². The van der Waals surface area contributed by atoms with Crippen LogP contribution in [0, 0.1) is 0 Å². The van der Waals surface area contributed by atoms with Gasteiger partial charge in [-0.1, -0.05) is 29.8 Å². The topological polar surface area (TPSA) is 57.7 Å². The maximum atomic E-state index is 12.2. The molecule has 26 heavy (non-hydrogen) atoms. The van der Waals surface area contributed by atoms with E-state index in [-0.39, 0.29) is 12.5 Å². The van der Waals surface area contributed by atoms with Gasteiger partial charge in [-0.15, -0.1) is 0 Å². The molecule has 1 saturated heterocycles. The molecule has 0 spiro atoms. The Balaban J connectivity index is 1.58. The number of nitrogens with zero attached hydrogens (tertiary/aromatic N) is 3. The first-order chi connectivity index (χ1) is 12.6. The highest BCUT2D eigenvalue weighted by Crippen LogP contribution is 2.22. The fraction of sp³-hybridized carbons (Fsp3) is 0.368. The fourth-order valence-electron chi connectivity index (χ4n) is 2.98. The number of para-hydroxylation sites is 1. The summed E-state index contributed by atoms with van der Waals surface area (Å²) in [7, 11) is 1.94. The van der Waals surface area contributed by atoms with Gasteiger partial charge >= 0.3 is 0 Å². The summed E-state index contributed by atoms with van der Waals surface area (Å²) >= 11 is 5.81. The molecule has 0 radical (unpaired) electrons. The van der Waals surface area contributed by atoms with Crippen LogP contribution >= 0.6 is 11.6 Å². The minimum Gasteiger partial charge on any atom is -0.378 e. The molecule has 0 bridgehead atoms. The van der Waals surface area contributed by atoms with E-state index in [1.54, 1.807) is 12.1 Å². The lowest BCUT2D eigenvalue weighted by atomic mass is 10.1. The van der Waals surface area contributed by atoms with E-state index in [1.807, 2.05) is 24.1 Å². The number of morpholine rings is 1. The lowest BCUT2D eigenvalue weighted by molar-refractivity contribution is -0.117. The third-order valence-electron chi connectivity index (χ3n) is 4.19. The third kappa shape index (κ3) is 5.17. The van der Waals surface area contributed by atoms with Gasteiger partial charge in [0.25, 0.3) is 0 Å². The molecule has 3 rings (SSSR count). The summed E-state index contributed by atoms with van der Waals surface area (Å²) in [5.74, 6) is 0.396. The fourth-order valence-corrected chi connectivity index (χ4v) is 3.09. The van der Waals surface area contributed by atoms with Crippen LogP contribution in [0.1, 0.15) is 5.56 Å². The minimum atomic E-state index is -0.105. The van der Waals surface area contributed by atoms with Gasteiger partial charge in [0.2, 0.25) is 5.91 Å². The van der Waals surface area contributed by atoms with Crippen molar-refractivity contribution in [3.63, 3.8) is 0 Å². The average molecular weight is 375 g/mol. The van der Waals surface area contributed by atoms with Crippen LogP contribution in [0.4, 0.5) is 11.5 Å². The Morgan fingerprint density at radius 1 is 1.27 bits per heavy atom. The number of hydrogen-bond donors (Lipinski definition) is 1. The maximum absolute atomic E-state index is 12.2. The molecular formula is C19H23ClN4O2. The summed E-state index contributed by atoms with van der Waals surface area (Å²) in [6.07, 6.45) is 1.51. The van der Waals surface area contributed by atoms with Crippen molar-refractivity contribution in [2.75, 3.05) is 50.1 Å². The SMILES string of the molecule is CN(CC(=O)Nc1ccc(Cl)cn1)Cc1ccccc1N1CCOCC1. The standard InChI is InChI=1S/C19H23ClN4O2/c1-23(14-19(25)22-18-7-6-16(20)12-21-18)13-15-4-2-3-5-17(15)24-8-10-26-11-9-24/h2-7,12H,8-11,13-14H2,1H3,(H,21,22,25). The third-order valence-corrected chi connectivity index (χ3v) is 4.42. The molecule has 6 nitrogen and oxygen atoms in total. The largest absolute Gasteiger partial charge is 0.378 e. The maximum Gasteiger partial charge on any atom is 0.239 e. The number of amides is 1. The Kier molecular flexibility index (Phi) is 6.44. The summed E-state index contributed by atoms with van der Waals surface area (Å²) < 4.78 is 5.44. The minimum absolute atomic E-state index is 0.105. The van der Waals surface area contributed by atoms with Crippen molar-refractivity contribution in [3.05, 3.63) is 53.2 Å². The Morgan fingerprint density at radius 2 is 2.04 bits per heavy atom. The molecule has 1 aliphatic heterocycles. The number of hydrogen-bond acceptors (Lipinski definition) is 5. The Morgan fingerprint density at radius 3 is 2.77 bits per heavy atom. The second-order valence-corrected chi connectivity index (χ2v) is 6.75. The molecule has 138 valence electrons. The summed E-state index contributed by atoms with van der Waals surface area (Å²) in [6, 6.07) is 11.7. The number of rotatable bonds is 6. The highest BCUT2D eigenvalue weighted by atomic mass is 35.5. The van der Waals surface area contributed by atoms with Gasteiger partial charge in [-0.3, -0.25) is 9.69 Å². The molecule has 0 unspecified atom stereocenters. The van der Waals surface area contributed by atoms with Gasteiger partial charge in [0.05, 0.1) is 24.8 Å². The molecule has 1 aliphatic rings. The van der Waals surface area contributed by atoms with Crippen molar-refractivity contribution in [1.29, 1.82) is 0 Å². The van der Waals surface area contributed by atoms with E-state index in [2.05, 4.69) is 27.3 Å². The second kappa shape index (κ2) is 8.98. The summed E-state index contributed by atoms with van der Waals surface area (Å²) in [6.45, 7) is 4.25. The molecular weight excluding hydrogens is 352 g/mol. The van der Waals surface area contributed by atoms with E-state index in [1.165, 1.54) is 17.4 Å². The molecule has 0 saturated carbocycles. The Bertz CT molecular complexity index is 733. The monoisotopic (exact) mass is 374 g/mol. The van der Waals surface area contributed by atoms with Crippen molar-refractivity contribution in [1.82, 2.24) is 9.88 Å². The van der Waals surface area contributed by atoms with Gasteiger partial charge in [0.15, 0.2) is 0 Å². The van der Waals surface area contributed by atoms with Gasteiger partial charge < -0.3 is 15.0 Å². The molecule has 1 N–H and O–H groups in total. The number of likely N-dealkylation sites (N-methyl/N-ethyl adjacent to an activating group) is 1. The van der Waals surface area contributed by atoms with Crippen molar-refractivity contribution in [2.45, 2.75) is 6.54 Å². The van der Waals surface area contributed by atoms with Crippen LogP contribution in [0.25, 0.3) is 0 Å². The molecule has 1 aromatic heterocycles. The van der Waals surface area contributed by atoms with E-state index < -0.39 is 0 Å². The highest BCUT2D eigenvalue weighted by molar-refractivity contribution is 6.30. The van der Waals surface area contributed by atoms with E-state index >= 15 is 0 Å². The lowest BCUT2D eigenvalue weighted by Gasteiger charge is -2.31. The molecule has 1 aromatic carbocycles. The Hall–Kier alpha value is -2.15. The van der Waals surface area contributed by atoms with E-state index in [0.717, 1.165) is 26.3 Å². The molecule has 0 aliphatic carbocycles. The molecule has 7 heteroatoms. The molecule has 2 aromatic rings. The van der Waals surface area contributed by atoms with Crippen LogP contribution in [-0.2, 0) is 16.1 Å².